The molecule has 2 heterocycles. The molecule has 1 aromatic heterocycles. The Labute approximate surface area is 149 Å². The van der Waals surface area contributed by atoms with Crippen LogP contribution in [-0.4, -0.2) is 66.1 Å². The van der Waals surface area contributed by atoms with Crippen molar-refractivity contribution >= 4 is 17.8 Å². The molecule has 0 radical (unpaired) electrons. The average molecular weight is 348 g/mol. The topological polar surface area (TPSA) is 74.8 Å². The third-order valence-electron chi connectivity index (χ3n) is 4.13. The van der Waals surface area contributed by atoms with Crippen molar-refractivity contribution in [2.45, 2.75) is 27.2 Å². The Morgan fingerprint density at radius 3 is 2.44 bits per heavy atom. The number of pyridine rings is 1. The summed E-state index contributed by atoms with van der Waals surface area (Å²) in [6.07, 6.45) is 2.37. The predicted octanol–water partition coefficient (Wildman–Crippen LogP) is 2.45. The number of amides is 2. The van der Waals surface area contributed by atoms with Crippen LogP contribution in [0.5, 0.6) is 0 Å². The van der Waals surface area contributed by atoms with Gasteiger partial charge in [0, 0.05) is 38.9 Å². The number of ether oxygens (including phenoxy) is 1. The van der Waals surface area contributed by atoms with Crippen molar-refractivity contribution in [3.8, 4) is 0 Å². The molecular formula is C18H28N4O3. The lowest BCUT2D eigenvalue weighted by Gasteiger charge is -2.34. The highest BCUT2D eigenvalue weighted by Gasteiger charge is 2.25. The van der Waals surface area contributed by atoms with E-state index in [1.165, 1.54) is 0 Å². The summed E-state index contributed by atoms with van der Waals surface area (Å²) in [7, 11) is 0. The number of nitrogens with zero attached hydrogens (tertiary/aromatic N) is 3. The van der Waals surface area contributed by atoms with E-state index < -0.39 is 0 Å². The van der Waals surface area contributed by atoms with Crippen LogP contribution in [0.15, 0.2) is 18.3 Å². The van der Waals surface area contributed by atoms with Crippen LogP contribution in [-0.2, 0) is 4.74 Å². The van der Waals surface area contributed by atoms with Crippen LogP contribution in [0.25, 0.3) is 0 Å². The molecule has 1 fully saturated rings. The third kappa shape index (κ3) is 5.62. The molecule has 7 nitrogen and oxygen atoms in total. The number of piperazine rings is 1. The van der Waals surface area contributed by atoms with E-state index in [2.05, 4.69) is 24.1 Å². The largest absolute Gasteiger partial charge is 0.450 e. The van der Waals surface area contributed by atoms with E-state index in [1.807, 2.05) is 6.07 Å². The lowest BCUT2D eigenvalue weighted by Crippen LogP contribution is -2.50. The zero-order valence-electron chi connectivity index (χ0n) is 15.3. The number of rotatable bonds is 6. The molecule has 25 heavy (non-hydrogen) atoms. The van der Waals surface area contributed by atoms with Crippen LogP contribution >= 0.6 is 0 Å². The minimum Gasteiger partial charge on any atom is -0.450 e. The quantitative estimate of drug-likeness (QED) is 0.855. The van der Waals surface area contributed by atoms with Gasteiger partial charge >= 0.3 is 6.09 Å². The summed E-state index contributed by atoms with van der Waals surface area (Å²) < 4.78 is 4.99. The molecule has 0 unspecified atom stereocenters. The van der Waals surface area contributed by atoms with Crippen molar-refractivity contribution in [2.75, 3.05) is 44.6 Å². The zero-order chi connectivity index (χ0) is 18.2. The van der Waals surface area contributed by atoms with Gasteiger partial charge in [0.05, 0.1) is 12.2 Å². The van der Waals surface area contributed by atoms with Gasteiger partial charge in [0.2, 0.25) is 0 Å². The first-order valence-electron chi connectivity index (χ1n) is 8.92. The molecule has 138 valence electrons. The smallest absolute Gasteiger partial charge is 0.409 e. The average Bonchev–Trinajstić information content (AvgIpc) is 2.62. The molecule has 1 aliphatic rings. The van der Waals surface area contributed by atoms with E-state index in [0.29, 0.717) is 44.3 Å². The van der Waals surface area contributed by atoms with Gasteiger partial charge in [0.25, 0.3) is 5.91 Å². The molecule has 2 rings (SSSR count). The minimum atomic E-state index is -0.312. The monoisotopic (exact) mass is 348 g/mol. The second-order valence-corrected chi connectivity index (χ2v) is 6.52. The highest BCUT2D eigenvalue weighted by Crippen LogP contribution is 2.12. The molecule has 1 aromatic rings. The van der Waals surface area contributed by atoms with E-state index in [0.717, 1.165) is 18.8 Å². The fourth-order valence-corrected chi connectivity index (χ4v) is 2.60. The Bertz CT molecular complexity index is 566. The minimum absolute atomic E-state index is 0.0512. The maximum Gasteiger partial charge on any atom is 0.409 e. The predicted molar refractivity (Wildman–Crippen MR) is 96.7 cm³/mol. The lowest BCUT2D eigenvalue weighted by atomic mass is 10.1. The first-order valence-corrected chi connectivity index (χ1v) is 8.92. The fraction of sp³-hybridized carbons (Fsp3) is 0.611. The first-order chi connectivity index (χ1) is 12.0. The summed E-state index contributed by atoms with van der Waals surface area (Å²) in [5.41, 5.74) is 0.569. The van der Waals surface area contributed by atoms with Crippen LogP contribution in [0.3, 0.4) is 0 Å². The summed E-state index contributed by atoms with van der Waals surface area (Å²) in [6, 6.07) is 3.63. The van der Waals surface area contributed by atoms with Gasteiger partial charge in [-0.3, -0.25) is 4.79 Å². The first kappa shape index (κ1) is 19.0. The molecule has 0 bridgehead atoms. The van der Waals surface area contributed by atoms with Crippen molar-refractivity contribution < 1.29 is 14.3 Å². The molecule has 0 aromatic carbocycles. The SMILES string of the molecule is CCOC(=O)N1CCN(C(=O)c2ccc(NCCC(C)C)nc2)CC1. The van der Waals surface area contributed by atoms with Crippen molar-refractivity contribution in [2.24, 2.45) is 5.92 Å². The normalized spacial score (nSPS) is 14.6. The molecule has 1 saturated heterocycles. The molecule has 7 heteroatoms. The Morgan fingerprint density at radius 1 is 1.20 bits per heavy atom. The maximum absolute atomic E-state index is 12.5. The molecule has 1 N–H and O–H groups in total. The molecule has 2 amide bonds. The second kappa shape index (κ2) is 9.25. The number of hydrogen-bond donors (Lipinski definition) is 1. The van der Waals surface area contributed by atoms with Gasteiger partial charge in [-0.05, 0) is 31.4 Å². The van der Waals surface area contributed by atoms with Gasteiger partial charge in [-0.2, -0.15) is 0 Å². The van der Waals surface area contributed by atoms with Gasteiger partial charge in [-0.15, -0.1) is 0 Å². The fourth-order valence-electron chi connectivity index (χ4n) is 2.60. The number of nitrogens with one attached hydrogen (secondary N) is 1. The summed E-state index contributed by atoms with van der Waals surface area (Å²) >= 11 is 0. The molecule has 1 aliphatic heterocycles. The lowest BCUT2D eigenvalue weighted by molar-refractivity contribution is 0.0570. The standard InChI is InChI=1S/C18H28N4O3/c1-4-25-18(24)22-11-9-21(10-12-22)17(23)15-5-6-16(20-13-15)19-8-7-14(2)3/h5-6,13-14H,4,7-12H2,1-3H3,(H,19,20). The van der Waals surface area contributed by atoms with Crippen LogP contribution in [0.4, 0.5) is 10.6 Å². The van der Waals surface area contributed by atoms with Gasteiger partial charge in [0.1, 0.15) is 5.82 Å². The Morgan fingerprint density at radius 2 is 1.88 bits per heavy atom. The van der Waals surface area contributed by atoms with E-state index in [-0.39, 0.29) is 12.0 Å². The Hall–Kier alpha value is -2.31. The van der Waals surface area contributed by atoms with Crippen LogP contribution < -0.4 is 5.32 Å². The van der Waals surface area contributed by atoms with E-state index in [9.17, 15) is 9.59 Å². The summed E-state index contributed by atoms with van der Waals surface area (Å²) in [4.78, 5) is 31.9. The summed E-state index contributed by atoms with van der Waals surface area (Å²) in [5.74, 6) is 1.37. The number of carbonyl (C=O) groups is 2. The number of aromatic nitrogens is 1. The highest BCUT2D eigenvalue weighted by molar-refractivity contribution is 5.94. The van der Waals surface area contributed by atoms with Crippen molar-refractivity contribution in [3.05, 3.63) is 23.9 Å². The third-order valence-corrected chi connectivity index (χ3v) is 4.13. The summed E-state index contributed by atoms with van der Waals surface area (Å²) in [6.45, 7) is 9.37. The summed E-state index contributed by atoms with van der Waals surface area (Å²) in [5, 5.41) is 3.26. The van der Waals surface area contributed by atoms with E-state index in [4.69, 9.17) is 4.74 Å². The molecule has 0 aliphatic carbocycles. The zero-order valence-corrected chi connectivity index (χ0v) is 15.3. The van der Waals surface area contributed by atoms with E-state index in [1.54, 1.807) is 29.0 Å². The molecule has 0 spiro atoms. The van der Waals surface area contributed by atoms with Crippen molar-refractivity contribution in [1.29, 1.82) is 0 Å². The van der Waals surface area contributed by atoms with Crippen molar-refractivity contribution in [1.82, 2.24) is 14.8 Å². The van der Waals surface area contributed by atoms with Crippen LogP contribution in [0, 0.1) is 5.92 Å². The van der Waals surface area contributed by atoms with Gasteiger partial charge in [-0.25, -0.2) is 9.78 Å². The molecule has 0 atom stereocenters. The van der Waals surface area contributed by atoms with E-state index >= 15 is 0 Å². The highest BCUT2D eigenvalue weighted by atomic mass is 16.6. The van der Waals surface area contributed by atoms with Gasteiger partial charge < -0.3 is 19.9 Å². The van der Waals surface area contributed by atoms with Crippen LogP contribution in [0.1, 0.15) is 37.6 Å². The number of carbonyl (C=O) groups excluding carboxylic acids is 2. The van der Waals surface area contributed by atoms with Gasteiger partial charge in [-0.1, -0.05) is 13.8 Å². The Kier molecular flexibility index (Phi) is 7.03. The Balaban J connectivity index is 1.84. The second-order valence-electron chi connectivity index (χ2n) is 6.52. The number of hydrogen-bond acceptors (Lipinski definition) is 5. The molecular weight excluding hydrogens is 320 g/mol. The number of anilines is 1. The maximum atomic E-state index is 12.5. The van der Waals surface area contributed by atoms with Gasteiger partial charge in [0.15, 0.2) is 0 Å². The van der Waals surface area contributed by atoms with Crippen molar-refractivity contribution in [3.63, 3.8) is 0 Å². The molecule has 0 saturated carbocycles. The van der Waals surface area contributed by atoms with Crippen LogP contribution in [0.2, 0.25) is 0 Å².